The van der Waals surface area contributed by atoms with Crippen LogP contribution in [0.25, 0.3) is 0 Å². The summed E-state index contributed by atoms with van der Waals surface area (Å²) in [6, 6.07) is 0.673. The zero-order chi connectivity index (χ0) is 11.4. The molecular weight excluding hydrogens is 206 g/mol. The number of amides is 1. The first kappa shape index (κ1) is 11.7. The number of likely N-dealkylation sites (tertiary alicyclic amines) is 1. The molecular formula is C11H21N3O2. The second kappa shape index (κ2) is 5.50. The van der Waals surface area contributed by atoms with Crippen LogP contribution in [-0.2, 0) is 0 Å². The molecule has 1 amide bonds. The van der Waals surface area contributed by atoms with Crippen molar-refractivity contribution >= 4 is 6.09 Å². The molecule has 5 nitrogen and oxygen atoms in total. The Labute approximate surface area is 96.4 Å². The van der Waals surface area contributed by atoms with Crippen molar-refractivity contribution in [2.24, 2.45) is 0 Å². The normalized spacial score (nSPS) is 25.5. The Hall–Kier alpha value is -0.810. The van der Waals surface area contributed by atoms with Crippen LogP contribution in [0, 0.1) is 0 Å². The van der Waals surface area contributed by atoms with Crippen LogP contribution in [0.15, 0.2) is 0 Å². The monoisotopic (exact) mass is 227 g/mol. The lowest BCUT2D eigenvalue weighted by Crippen LogP contribution is -2.51. The van der Waals surface area contributed by atoms with Gasteiger partial charge in [-0.25, -0.2) is 9.80 Å². The third kappa shape index (κ3) is 3.09. The molecule has 2 N–H and O–H groups in total. The molecule has 2 aliphatic heterocycles. The largest absolute Gasteiger partial charge is 0.464 e. The summed E-state index contributed by atoms with van der Waals surface area (Å²) in [5.74, 6) is 0. The van der Waals surface area contributed by atoms with E-state index in [2.05, 4.69) is 10.3 Å². The van der Waals surface area contributed by atoms with Gasteiger partial charge >= 0.3 is 6.09 Å². The van der Waals surface area contributed by atoms with Crippen molar-refractivity contribution in [2.45, 2.75) is 38.1 Å². The van der Waals surface area contributed by atoms with Gasteiger partial charge in [0.25, 0.3) is 0 Å². The first-order chi connectivity index (χ1) is 7.75. The Morgan fingerprint density at radius 2 is 1.69 bits per heavy atom. The van der Waals surface area contributed by atoms with Crippen LogP contribution in [0.3, 0.4) is 0 Å². The molecule has 2 fully saturated rings. The number of hydrogen-bond acceptors (Lipinski definition) is 3. The van der Waals surface area contributed by atoms with E-state index in [1.54, 1.807) is 0 Å². The second-order valence-corrected chi connectivity index (χ2v) is 4.73. The standard InChI is InChI=1S/C11H21N3O2/c15-11(16)12-14-8-4-10(5-9-14)13-6-2-1-3-7-13/h10,12H,1-9H2,(H,15,16). The summed E-state index contributed by atoms with van der Waals surface area (Å²) in [6.07, 6.45) is 5.24. The number of hydrazine groups is 1. The van der Waals surface area contributed by atoms with Gasteiger partial charge in [0.15, 0.2) is 0 Å². The molecule has 2 saturated heterocycles. The topological polar surface area (TPSA) is 55.8 Å². The van der Waals surface area contributed by atoms with Crippen LogP contribution in [0.1, 0.15) is 32.1 Å². The van der Waals surface area contributed by atoms with E-state index in [9.17, 15) is 4.79 Å². The first-order valence-electron chi connectivity index (χ1n) is 6.24. The SMILES string of the molecule is O=C(O)NN1CCC(N2CCCCC2)CC1. The molecule has 0 aromatic rings. The summed E-state index contributed by atoms with van der Waals surface area (Å²) < 4.78 is 0. The van der Waals surface area contributed by atoms with Gasteiger partial charge in [0.2, 0.25) is 0 Å². The predicted octanol–water partition coefficient (Wildman–Crippen LogP) is 1.12. The summed E-state index contributed by atoms with van der Waals surface area (Å²) in [6.45, 7) is 4.15. The van der Waals surface area contributed by atoms with Crippen LogP contribution in [0.5, 0.6) is 0 Å². The van der Waals surface area contributed by atoms with Crippen LogP contribution in [-0.4, -0.2) is 53.3 Å². The van der Waals surface area contributed by atoms with Crippen LogP contribution in [0.4, 0.5) is 4.79 Å². The highest BCUT2D eigenvalue weighted by atomic mass is 16.4. The van der Waals surface area contributed by atoms with E-state index in [0.717, 1.165) is 25.9 Å². The summed E-state index contributed by atoms with van der Waals surface area (Å²) >= 11 is 0. The third-order valence-electron chi connectivity index (χ3n) is 3.63. The molecule has 0 spiro atoms. The lowest BCUT2D eigenvalue weighted by molar-refractivity contribution is 0.0661. The zero-order valence-electron chi connectivity index (χ0n) is 9.69. The lowest BCUT2D eigenvalue weighted by Gasteiger charge is -2.39. The quantitative estimate of drug-likeness (QED) is 0.742. The molecule has 0 atom stereocenters. The highest BCUT2D eigenvalue weighted by molar-refractivity contribution is 5.63. The Balaban J connectivity index is 1.73. The van der Waals surface area contributed by atoms with E-state index in [4.69, 9.17) is 5.11 Å². The van der Waals surface area contributed by atoms with Gasteiger partial charge in [-0.15, -0.1) is 0 Å². The van der Waals surface area contributed by atoms with Crippen molar-refractivity contribution in [1.82, 2.24) is 15.3 Å². The highest BCUT2D eigenvalue weighted by Gasteiger charge is 2.25. The number of rotatable bonds is 2. The van der Waals surface area contributed by atoms with E-state index >= 15 is 0 Å². The Morgan fingerprint density at radius 3 is 2.25 bits per heavy atom. The van der Waals surface area contributed by atoms with Gasteiger partial charge in [-0.1, -0.05) is 6.42 Å². The molecule has 2 aliphatic rings. The van der Waals surface area contributed by atoms with Crippen molar-refractivity contribution in [3.05, 3.63) is 0 Å². The van der Waals surface area contributed by atoms with Crippen molar-refractivity contribution in [2.75, 3.05) is 26.2 Å². The summed E-state index contributed by atoms with van der Waals surface area (Å²) in [4.78, 5) is 13.1. The van der Waals surface area contributed by atoms with Crippen LogP contribution in [0.2, 0.25) is 0 Å². The van der Waals surface area contributed by atoms with Crippen molar-refractivity contribution in [3.63, 3.8) is 0 Å². The summed E-state index contributed by atoms with van der Waals surface area (Å²) in [7, 11) is 0. The van der Waals surface area contributed by atoms with E-state index in [1.165, 1.54) is 32.4 Å². The maximum atomic E-state index is 10.5. The fraction of sp³-hybridized carbons (Fsp3) is 0.909. The molecule has 0 bridgehead atoms. The van der Waals surface area contributed by atoms with Gasteiger partial charge in [-0.3, -0.25) is 5.43 Å². The van der Waals surface area contributed by atoms with E-state index in [-0.39, 0.29) is 0 Å². The first-order valence-corrected chi connectivity index (χ1v) is 6.24. The smallest absolute Gasteiger partial charge is 0.419 e. The van der Waals surface area contributed by atoms with Crippen molar-refractivity contribution in [3.8, 4) is 0 Å². The van der Waals surface area contributed by atoms with E-state index in [1.807, 2.05) is 5.01 Å². The second-order valence-electron chi connectivity index (χ2n) is 4.73. The number of carbonyl (C=O) groups is 1. The average molecular weight is 227 g/mol. The molecule has 0 unspecified atom stereocenters. The molecule has 0 aromatic carbocycles. The minimum Gasteiger partial charge on any atom is -0.464 e. The Morgan fingerprint density at radius 1 is 1.06 bits per heavy atom. The minimum atomic E-state index is -0.948. The molecule has 0 saturated carbocycles. The number of hydrogen-bond donors (Lipinski definition) is 2. The molecule has 2 rings (SSSR count). The van der Waals surface area contributed by atoms with Gasteiger partial charge in [-0.05, 0) is 38.8 Å². The van der Waals surface area contributed by atoms with Crippen molar-refractivity contribution < 1.29 is 9.90 Å². The number of carboxylic acid groups (broad SMARTS) is 1. The molecule has 2 heterocycles. The van der Waals surface area contributed by atoms with Gasteiger partial charge in [0.1, 0.15) is 0 Å². The Bertz CT molecular complexity index is 233. The molecule has 92 valence electrons. The number of piperidine rings is 2. The number of nitrogens with zero attached hydrogens (tertiary/aromatic N) is 2. The molecule has 0 radical (unpaired) electrons. The maximum absolute atomic E-state index is 10.5. The summed E-state index contributed by atoms with van der Waals surface area (Å²) in [5, 5.41) is 10.4. The van der Waals surface area contributed by atoms with Gasteiger partial charge in [0.05, 0.1) is 0 Å². The highest BCUT2D eigenvalue weighted by Crippen LogP contribution is 2.19. The fourth-order valence-corrected chi connectivity index (χ4v) is 2.76. The molecule has 5 heteroatoms. The average Bonchev–Trinajstić information content (AvgIpc) is 2.30. The van der Waals surface area contributed by atoms with Gasteiger partial charge in [0, 0.05) is 19.1 Å². The molecule has 16 heavy (non-hydrogen) atoms. The Kier molecular flexibility index (Phi) is 4.01. The molecule has 0 aliphatic carbocycles. The van der Waals surface area contributed by atoms with Crippen LogP contribution >= 0.6 is 0 Å². The third-order valence-corrected chi connectivity index (χ3v) is 3.63. The predicted molar refractivity (Wildman–Crippen MR) is 61.2 cm³/mol. The lowest BCUT2D eigenvalue weighted by atomic mass is 10.0. The van der Waals surface area contributed by atoms with Crippen molar-refractivity contribution in [1.29, 1.82) is 0 Å². The fourth-order valence-electron chi connectivity index (χ4n) is 2.76. The van der Waals surface area contributed by atoms with Gasteiger partial charge < -0.3 is 10.0 Å². The van der Waals surface area contributed by atoms with Crippen LogP contribution < -0.4 is 5.43 Å². The minimum absolute atomic E-state index is 0.673. The van der Waals surface area contributed by atoms with Gasteiger partial charge in [-0.2, -0.15) is 0 Å². The zero-order valence-corrected chi connectivity index (χ0v) is 9.69. The number of nitrogens with one attached hydrogen (secondary N) is 1. The summed E-state index contributed by atoms with van der Waals surface area (Å²) in [5.41, 5.74) is 2.44. The maximum Gasteiger partial charge on any atom is 0.419 e. The molecule has 0 aromatic heterocycles. The van der Waals surface area contributed by atoms with E-state index in [0.29, 0.717) is 6.04 Å². The van der Waals surface area contributed by atoms with E-state index < -0.39 is 6.09 Å².